The minimum Gasteiger partial charge on any atom is -0.0807 e. The van der Waals surface area contributed by atoms with E-state index in [1.165, 1.54) is 63.4 Å². The Kier molecular flexibility index (Phi) is 6.64. The fourth-order valence-corrected chi connectivity index (χ4v) is 6.08. The molecule has 0 aliphatic heterocycles. The number of fused-ring (bicyclic) bond motifs is 1. The molecule has 5 rings (SSSR count). The van der Waals surface area contributed by atoms with Gasteiger partial charge in [0.25, 0.3) is 0 Å². The molecule has 1 unspecified atom stereocenters. The molecule has 0 saturated carbocycles. The van der Waals surface area contributed by atoms with Gasteiger partial charge in [-0.2, -0.15) is 0 Å². The van der Waals surface area contributed by atoms with Gasteiger partial charge < -0.3 is 0 Å². The van der Waals surface area contributed by atoms with Crippen LogP contribution in [-0.4, -0.2) is 0 Å². The maximum absolute atomic E-state index is 2.44. The van der Waals surface area contributed by atoms with E-state index in [-0.39, 0.29) is 10.8 Å². The minimum absolute atomic E-state index is 0.0211. The Morgan fingerprint density at radius 2 is 1.56 bits per heavy atom. The molecule has 0 radical (unpaired) electrons. The summed E-state index contributed by atoms with van der Waals surface area (Å²) in [6, 6.07) is 34.2. The molecule has 0 heterocycles. The summed E-state index contributed by atoms with van der Waals surface area (Å²) < 4.78 is 0. The highest BCUT2D eigenvalue weighted by Gasteiger charge is 2.31. The summed E-state index contributed by atoms with van der Waals surface area (Å²) in [7, 11) is 0. The van der Waals surface area contributed by atoms with Gasteiger partial charge in [0.05, 0.1) is 0 Å². The zero-order chi connectivity index (χ0) is 25.3. The van der Waals surface area contributed by atoms with Crippen LogP contribution >= 0.6 is 0 Å². The van der Waals surface area contributed by atoms with Gasteiger partial charge in [-0.3, -0.25) is 0 Å². The fourth-order valence-electron chi connectivity index (χ4n) is 6.08. The predicted molar refractivity (Wildman–Crippen MR) is 157 cm³/mol. The Morgan fingerprint density at radius 1 is 0.778 bits per heavy atom. The van der Waals surface area contributed by atoms with E-state index in [0.29, 0.717) is 5.92 Å². The van der Waals surface area contributed by atoms with Crippen molar-refractivity contribution in [1.29, 1.82) is 0 Å². The zero-order valence-electron chi connectivity index (χ0n) is 22.6. The molecule has 0 spiro atoms. The van der Waals surface area contributed by atoms with Gasteiger partial charge in [0, 0.05) is 0 Å². The normalized spacial score (nSPS) is 15.2. The molecule has 4 aromatic rings. The van der Waals surface area contributed by atoms with Crippen LogP contribution in [0, 0.1) is 0 Å². The average molecular weight is 473 g/mol. The first kappa shape index (κ1) is 24.6. The molecule has 0 heteroatoms. The zero-order valence-corrected chi connectivity index (χ0v) is 22.6. The van der Waals surface area contributed by atoms with Crippen LogP contribution in [0.1, 0.15) is 87.6 Å². The van der Waals surface area contributed by atoms with Gasteiger partial charge in [0.15, 0.2) is 0 Å². The molecule has 0 N–H and O–H groups in total. The van der Waals surface area contributed by atoms with Crippen LogP contribution in [0.4, 0.5) is 0 Å². The fraction of sp³-hybridized carbons (Fsp3) is 0.333. The first-order valence-electron chi connectivity index (χ1n) is 13.6. The van der Waals surface area contributed by atoms with Gasteiger partial charge in [0.2, 0.25) is 0 Å². The molecule has 0 fully saturated rings. The number of hydrogen-bond donors (Lipinski definition) is 0. The van der Waals surface area contributed by atoms with Crippen molar-refractivity contribution in [2.24, 2.45) is 0 Å². The molecular formula is C36H40. The lowest BCUT2D eigenvalue weighted by Crippen LogP contribution is -2.25. The van der Waals surface area contributed by atoms with E-state index in [1.807, 2.05) is 0 Å². The standard InChI is InChI=1S/C36H40/c1-26(28-14-7-6-8-15-28)36(4,5)34-20-12-19-31-24-32(21-22-33(31)34)35(2,3)25-27-13-11-18-30(23-27)29-16-9-10-17-29/h6-8,11-16,18-24,26H,9-10,17,25H2,1-5H3. The highest BCUT2D eigenvalue weighted by Crippen LogP contribution is 2.42. The molecule has 0 aromatic heterocycles. The van der Waals surface area contributed by atoms with Crippen LogP contribution < -0.4 is 0 Å². The van der Waals surface area contributed by atoms with Gasteiger partial charge in [-0.05, 0) is 86.6 Å². The van der Waals surface area contributed by atoms with Crippen molar-refractivity contribution in [2.45, 2.75) is 77.0 Å². The summed E-state index contributed by atoms with van der Waals surface area (Å²) in [4.78, 5) is 0. The highest BCUT2D eigenvalue weighted by atomic mass is 14.3. The number of benzene rings is 4. The van der Waals surface area contributed by atoms with Gasteiger partial charge in [-0.15, -0.1) is 0 Å². The summed E-state index contributed by atoms with van der Waals surface area (Å²) in [5, 5.41) is 2.72. The summed E-state index contributed by atoms with van der Waals surface area (Å²) >= 11 is 0. The molecule has 1 atom stereocenters. The van der Waals surface area contributed by atoms with Crippen LogP contribution in [0.3, 0.4) is 0 Å². The Hall–Kier alpha value is -3.12. The van der Waals surface area contributed by atoms with E-state index in [9.17, 15) is 0 Å². The lowest BCUT2D eigenvalue weighted by molar-refractivity contribution is 0.440. The quantitative estimate of drug-likeness (QED) is 0.251. The third kappa shape index (κ3) is 4.79. The van der Waals surface area contributed by atoms with E-state index >= 15 is 0 Å². The molecule has 4 aromatic carbocycles. The molecule has 0 amide bonds. The second-order valence-electron chi connectivity index (χ2n) is 12.0. The smallest absolute Gasteiger partial charge is 0.00314 e. The summed E-state index contributed by atoms with van der Waals surface area (Å²) in [6.07, 6.45) is 7.20. The average Bonchev–Trinajstić information content (AvgIpc) is 3.43. The molecule has 0 nitrogen and oxygen atoms in total. The Bertz CT molecular complexity index is 1380. The van der Waals surface area contributed by atoms with Crippen molar-refractivity contribution in [3.05, 3.63) is 125 Å². The van der Waals surface area contributed by atoms with Gasteiger partial charge >= 0.3 is 0 Å². The van der Waals surface area contributed by atoms with E-state index in [0.717, 1.165) is 6.42 Å². The first-order valence-corrected chi connectivity index (χ1v) is 13.6. The topological polar surface area (TPSA) is 0 Å². The summed E-state index contributed by atoms with van der Waals surface area (Å²) in [5.41, 5.74) is 8.68. The van der Waals surface area contributed by atoms with Crippen molar-refractivity contribution in [3.63, 3.8) is 0 Å². The minimum atomic E-state index is 0.0211. The highest BCUT2D eigenvalue weighted by molar-refractivity contribution is 5.87. The second kappa shape index (κ2) is 9.74. The van der Waals surface area contributed by atoms with Crippen LogP contribution in [-0.2, 0) is 17.3 Å². The molecule has 1 aliphatic carbocycles. The Balaban J connectivity index is 1.45. The molecular weight excluding hydrogens is 432 g/mol. The summed E-state index contributed by atoms with van der Waals surface area (Å²) in [6.45, 7) is 11.9. The van der Waals surface area contributed by atoms with Gasteiger partial charge in [0.1, 0.15) is 0 Å². The SMILES string of the molecule is CC(c1ccccc1)C(C)(C)c1cccc2cc(C(C)(C)Cc3cccc(C4=CCCC4)c3)ccc12. The van der Waals surface area contributed by atoms with E-state index in [4.69, 9.17) is 0 Å². The number of rotatable bonds is 7. The van der Waals surface area contributed by atoms with Crippen LogP contribution in [0.15, 0.2) is 97.1 Å². The molecule has 36 heavy (non-hydrogen) atoms. The van der Waals surface area contributed by atoms with E-state index in [2.05, 4.69) is 132 Å². The number of allylic oxidation sites excluding steroid dienone is 2. The van der Waals surface area contributed by atoms with E-state index in [1.54, 1.807) is 0 Å². The van der Waals surface area contributed by atoms with E-state index < -0.39 is 0 Å². The lowest BCUT2D eigenvalue weighted by Gasteiger charge is -2.34. The van der Waals surface area contributed by atoms with Gasteiger partial charge in [-0.25, -0.2) is 0 Å². The monoisotopic (exact) mass is 472 g/mol. The Labute approximate surface area is 218 Å². The van der Waals surface area contributed by atoms with Crippen molar-refractivity contribution < 1.29 is 0 Å². The Morgan fingerprint density at radius 3 is 2.31 bits per heavy atom. The van der Waals surface area contributed by atoms with Crippen molar-refractivity contribution in [3.8, 4) is 0 Å². The second-order valence-corrected chi connectivity index (χ2v) is 12.0. The van der Waals surface area contributed by atoms with Crippen molar-refractivity contribution in [1.82, 2.24) is 0 Å². The van der Waals surface area contributed by atoms with Gasteiger partial charge in [-0.1, -0.05) is 132 Å². The van der Waals surface area contributed by atoms with Crippen molar-refractivity contribution in [2.75, 3.05) is 0 Å². The van der Waals surface area contributed by atoms with Crippen LogP contribution in [0.25, 0.3) is 16.3 Å². The predicted octanol–water partition coefficient (Wildman–Crippen LogP) is 10.0. The number of hydrogen-bond acceptors (Lipinski definition) is 0. The molecule has 1 aliphatic rings. The third-order valence-corrected chi connectivity index (χ3v) is 8.72. The molecule has 184 valence electrons. The lowest BCUT2D eigenvalue weighted by atomic mass is 9.69. The van der Waals surface area contributed by atoms with Crippen molar-refractivity contribution >= 4 is 16.3 Å². The maximum atomic E-state index is 2.44. The van der Waals surface area contributed by atoms with Crippen LogP contribution in [0.2, 0.25) is 0 Å². The maximum Gasteiger partial charge on any atom is -0.00314 e. The first-order chi connectivity index (χ1) is 17.3. The van der Waals surface area contributed by atoms with Crippen LogP contribution in [0.5, 0.6) is 0 Å². The largest absolute Gasteiger partial charge is 0.0807 e. The third-order valence-electron chi connectivity index (χ3n) is 8.72. The molecule has 0 saturated heterocycles. The molecule has 0 bridgehead atoms. The summed E-state index contributed by atoms with van der Waals surface area (Å²) in [5.74, 6) is 0.419.